The zero-order valence-corrected chi connectivity index (χ0v) is 19.8. The first-order valence-corrected chi connectivity index (χ1v) is 12.5. The van der Waals surface area contributed by atoms with Gasteiger partial charge in [-0.25, -0.2) is 9.13 Å². The van der Waals surface area contributed by atoms with E-state index in [-0.39, 0.29) is 11.6 Å². The van der Waals surface area contributed by atoms with E-state index in [4.69, 9.17) is 0 Å². The van der Waals surface area contributed by atoms with Crippen molar-refractivity contribution in [3.05, 3.63) is 101 Å². The van der Waals surface area contributed by atoms with Gasteiger partial charge in [0.25, 0.3) is 0 Å². The van der Waals surface area contributed by atoms with E-state index >= 15 is 0 Å². The summed E-state index contributed by atoms with van der Waals surface area (Å²) in [5, 5.41) is 2.46. The topological polar surface area (TPSA) is 43.0 Å². The minimum atomic E-state index is -0.0483. The van der Waals surface area contributed by atoms with Crippen molar-refractivity contribution in [3.63, 3.8) is 0 Å². The molecule has 0 N–H and O–H groups in total. The van der Waals surface area contributed by atoms with Crippen LogP contribution in [0.25, 0.3) is 10.8 Å². The van der Waals surface area contributed by atoms with Crippen LogP contribution in [0.3, 0.4) is 0 Å². The van der Waals surface area contributed by atoms with Crippen molar-refractivity contribution in [1.82, 2.24) is 4.57 Å². The third-order valence-electron chi connectivity index (χ3n) is 6.93. The van der Waals surface area contributed by atoms with Crippen molar-refractivity contribution < 1.29 is 14.2 Å². The van der Waals surface area contributed by atoms with Crippen molar-refractivity contribution in [3.8, 4) is 0 Å². The second kappa shape index (κ2) is 9.76. The van der Waals surface area contributed by atoms with E-state index < -0.39 is 0 Å². The maximum absolute atomic E-state index is 13.5. The van der Waals surface area contributed by atoms with E-state index in [9.17, 15) is 9.59 Å². The molecule has 1 aliphatic rings. The molecular formula is C30H31N2O2+. The third kappa shape index (κ3) is 4.09. The molecule has 1 aromatic heterocycles. The number of imidazole rings is 1. The molecule has 4 aromatic rings. The van der Waals surface area contributed by atoms with E-state index in [1.165, 1.54) is 35.6 Å². The van der Waals surface area contributed by atoms with Crippen LogP contribution < -0.4 is 4.57 Å². The Balaban J connectivity index is 1.48. The molecular weight excluding hydrogens is 420 g/mol. The number of rotatable bonds is 9. The Labute approximate surface area is 200 Å². The van der Waals surface area contributed by atoms with Gasteiger partial charge in [-0.05, 0) is 29.2 Å². The Bertz CT molecular complexity index is 1360. The van der Waals surface area contributed by atoms with Gasteiger partial charge in [0.05, 0.1) is 13.1 Å². The number of benzene rings is 3. The Hall–Kier alpha value is -3.53. The minimum absolute atomic E-state index is 0.0392. The molecule has 34 heavy (non-hydrogen) atoms. The van der Waals surface area contributed by atoms with E-state index in [0.717, 1.165) is 25.8 Å². The molecule has 0 fully saturated rings. The largest absolute Gasteiger partial charge is 0.284 e. The lowest BCUT2D eigenvalue weighted by atomic mass is 9.89. The molecule has 5 rings (SSSR count). The molecule has 1 heterocycles. The van der Waals surface area contributed by atoms with E-state index in [0.29, 0.717) is 29.1 Å². The van der Waals surface area contributed by atoms with Crippen LogP contribution in [0.2, 0.25) is 0 Å². The highest BCUT2D eigenvalue weighted by molar-refractivity contribution is 6.26. The number of aryl methyl sites for hydroxylation is 3. The molecule has 172 valence electrons. The summed E-state index contributed by atoms with van der Waals surface area (Å²) in [5.41, 5.74) is 3.38. The summed E-state index contributed by atoms with van der Waals surface area (Å²) in [6.07, 6.45) is 8.58. The molecule has 3 aromatic carbocycles. The second-order valence-electron chi connectivity index (χ2n) is 9.21. The summed E-state index contributed by atoms with van der Waals surface area (Å²) in [6, 6.07) is 22.0. The smallest absolute Gasteiger partial charge is 0.244 e. The normalized spacial score (nSPS) is 12.7. The number of aromatic nitrogens is 2. The quantitative estimate of drug-likeness (QED) is 0.206. The summed E-state index contributed by atoms with van der Waals surface area (Å²) >= 11 is 0. The number of fused-ring (bicyclic) bond motifs is 3. The van der Waals surface area contributed by atoms with Gasteiger partial charge in [0.2, 0.25) is 29.3 Å². The predicted molar refractivity (Wildman–Crippen MR) is 134 cm³/mol. The summed E-state index contributed by atoms with van der Waals surface area (Å²) in [4.78, 5) is 27.0. The number of nitrogens with zero attached hydrogens (tertiary/aromatic N) is 2. The number of unbranched alkanes of at least 4 members (excludes halogenated alkanes) is 4. The molecule has 1 aliphatic carbocycles. The van der Waals surface area contributed by atoms with E-state index in [1.54, 1.807) is 12.1 Å². The van der Waals surface area contributed by atoms with Crippen molar-refractivity contribution in [2.45, 2.75) is 58.5 Å². The number of hydrogen-bond donors (Lipinski definition) is 0. The molecule has 0 saturated heterocycles. The minimum Gasteiger partial charge on any atom is -0.284 e. The highest BCUT2D eigenvalue weighted by Crippen LogP contribution is 2.27. The van der Waals surface area contributed by atoms with Gasteiger partial charge in [-0.2, -0.15) is 0 Å². The lowest BCUT2D eigenvalue weighted by molar-refractivity contribution is -0.698. The predicted octanol–water partition coefficient (Wildman–Crippen LogP) is 5.92. The van der Waals surface area contributed by atoms with Crippen LogP contribution in [0.1, 0.15) is 76.7 Å². The lowest BCUT2D eigenvalue weighted by Crippen LogP contribution is -2.40. The number of carbonyl (C=O) groups is 2. The zero-order chi connectivity index (χ0) is 23.5. The molecule has 0 bridgehead atoms. The van der Waals surface area contributed by atoms with Crippen LogP contribution in [0.4, 0.5) is 0 Å². The number of hydrogen-bond acceptors (Lipinski definition) is 2. The van der Waals surface area contributed by atoms with Gasteiger partial charge in [-0.1, -0.05) is 92.9 Å². The Morgan fingerprint density at radius 2 is 1.47 bits per heavy atom. The highest BCUT2D eigenvalue weighted by Gasteiger charge is 2.40. The molecule has 0 unspecified atom stereocenters. The van der Waals surface area contributed by atoms with Gasteiger partial charge in [0, 0.05) is 17.5 Å². The molecule has 0 saturated carbocycles. The monoisotopic (exact) mass is 451 g/mol. The van der Waals surface area contributed by atoms with E-state index in [1.807, 2.05) is 27.6 Å². The van der Waals surface area contributed by atoms with Gasteiger partial charge < -0.3 is 0 Å². The summed E-state index contributed by atoms with van der Waals surface area (Å²) < 4.78 is 4.04. The first-order valence-electron chi connectivity index (χ1n) is 12.5. The second-order valence-corrected chi connectivity index (χ2v) is 9.21. The Kier molecular flexibility index (Phi) is 6.39. The molecule has 0 spiro atoms. The third-order valence-corrected chi connectivity index (χ3v) is 6.93. The van der Waals surface area contributed by atoms with Crippen LogP contribution in [0.5, 0.6) is 0 Å². The zero-order valence-electron chi connectivity index (χ0n) is 19.8. The lowest BCUT2D eigenvalue weighted by Gasteiger charge is -2.13. The molecule has 0 amide bonds. The maximum Gasteiger partial charge on any atom is 0.244 e. The van der Waals surface area contributed by atoms with Gasteiger partial charge in [-0.15, -0.1) is 0 Å². The summed E-state index contributed by atoms with van der Waals surface area (Å²) in [7, 11) is 0. The van der Waals surface area contributed by atoms with Crippen LogP contribution in [-0.4, -0.2) is 16.1 Å². The van der Waals surface area contributed by atoms with Crippen molar-refractivity contribution in [2.24, 2.45) is 0 Å². The standard InChI is InChI=1S/C30H31N2O2/c1-2-3-4-5-10-19-31-21-32(20-18-23-14-11-13-22-12-6-7-15-24(22)23)28-27(31)29(33)25-16-8-9-17-26(25)30(28)34/h6-9,11-17,21H,2-5,10,18-20H2,1H3/q+1. The van der Waals surface area contributed by atoms with Crippen LogP contribution in [0, 0.1) is 0 Å². The summed E-state index contributed by atoms with van der Waals surface area (Å²) in [6.45, 7) is 3.62. The first kappa shape index (κ1) is 22.3. The number of carbonyl (C=O) groups excluding carboxylic acids is 2. The fourth-order valence-electron chi connectivity index (χ4n) is 5.14. The SMILES string of the molecule is CCCCCCC[n+]1cn(CCc2cccc3ccccc23)c2c1C(=O)c1ccccc1C2=O. The number of ketones is 2. The van der Waals surface area contributed by atoms with Crippen LogP contribution >= 0.6 is 0 Å². The molecule has 4 nitrogen and oxygen atoms in total. The molecule has 0 radical (unpaired) electrons. The van der Waals surface area contributed by atoms with Gasteiger partial charge in [0.15, 0.2) is 0 Å². The summed E-state index contributed by atoms with van der Waals surface area (Å²) in [5.74, 6) is -0.0875. The Morgan fingerprint density at radius 3 is 2.29 bits per heavy atom. The fraction of sp³-hybridized carbons (Fsp3) is 0.300. The van der Waals surface area contributed by atoms with Gasteiger partial charge in [0.1, 0.15) is 0 Å². The maximum atomic E-state index is 13.5. The van der Waals surface area contributed by atoms with Gasteiger partial charge >= 0.3 is 0 Å². The fourth-order valence-corrected chi connectivity index (χ4v) is 5.14. The van der Waals surface area contributed by atoms with Crippen LogP contribution in [-0.2, 0) is 19.5 Å². The molecule has 0 atom stereocenters. The van der Waals surface area contributed by atoms with Crippen molar-refractivity contribution >= 4 is 22.3 Å². The van der Waals surface area contributed by atoms with Crippen LogP contribution in [0.15, 0.2) is 73.1 Å². The van der Waals surface area contributed by atoms with E-state index in [2.05, 4.69) is 49.4 Å². The molecule has 4 heteroatoms. The van der Waals surface area contributed by atoms with Gasteiger partial charge in [-0.3, -0.25) is 9.59 Å². The average molecular weight is 452 g/mol. The molecule has 0 aliphatic heterocycles. The van der Waals surface area contributed by atoms with Crippen molar-refractivity contribution in [1.29, 1.82) is 0 Å². The van der Waals surface area contributed by atoms with Crippen molar-refractivity contribution in [2.75, 3.05) is 0 Å². The Morgan fingerprint density at radius 1 is 0.765 bits per heavy atom. The first-order chi connectivity index (χ1) is 16.7. The average Bonchev–Trinajstić information content (AvgIpc) is 3.24. The highest BCUT2D eigenvalue weighted by atomic mass is 16.1.